The van der Waals surface area contributed by atoms with E-state index in [0.717, 1.165) is 16.5 Å². The SMILES string of the molecule is C[C@@H]1CN([C@@H](C)CO)C(=O)c2cc(NC(=O)Cc3cn(C)c4ccccc34)ccc2O[C@H]1CN(C)C(=O)Nc1ccc2c(c1)OCO2. The summed E-state index contributed by atoms with van der Waals surface area (Å²) in [4.78, 5) is 43.3. The van der Waals surface area contributed by atoms with Crippen LogP contribution >= 0.6 is 0 Å². The fourth-order valence-electron chi connectivity index (χ4n) is 6.01. The van der Waals surface area contributed by atoms with Crippen molar-refractivity contribution in [1.82, 2.24) is 14.4 Å². The standard InChI is InChI=1S/C35H39N5O7/c1-21-16-40(22(2)19-41)34(43)27-14-24(36-33(42)13-23-17-38(3)28-8-6-5-7-26(23)28)9-11-29(27)47-32(21)18-39(4)35(44)37-25-10-12-30-31(15-25)46-20-45-30/h5-12,14-15,17,21-22,32,41H,13,16,18-20H2,1-4H3,(H,36,42)(H,37,44)/t21-,22+,32+/m1/s1. The fourth-order valence-corrected chi connectivity index (χ4v) is 6.01. The third kappa shape index (κ3) is 6.68. The smallest absolute Gasteiger partial charge is 0.321 e. The van der Waals surface area contributed by atoms with Crippen LogP contribution in [0, 0.1) is 5.92 Å². The Morgan fingerprint density at radius 3 is 2.53 bits per heavy atom. The number of para-hydroxylation sites is 1. The van der Waals surface area contributed by atoms with Crippen LogP contribution in [0.4, 0.5) is 16.2 Å². The van der Waals surface area contributed by atoms with E-state index in [4.69, 9.17) is 14.2 Å². The van der Waals surface area contributed by atoms with Crippen LogP contribution in [0.1, 0.15) is 29.8 Å². The molecule has 0 fully saturated rings. The highest BCUT2D eigenvalue weighted by Crippen LogP contribution is 2.35. The van der Waals surface area contributed by atoms with Crippen molar-refractivity contribution in [2.24, 2.45) is 13.0 Å². The van der Waals surface area contributed by atoms with Gasteiger partial charge in [-0.05, 0) is 48.9 Å². The molecular weight excluding hydrogens is 602 g/mol. The van der Waals surface area contributed by atoms with Gasteiger partial charge < -0.3 is 44.3 Å². The third-order valence-corrected chi connectivity index (χ3v) is 8.70. The maximum Gasteiger partial charge on any atom is 0.321 e. The van der Waals surface area contributed by atoms with Gasteiger partial charge in [0, 0.05) is 61.1 Å². The normalized spacial score (nSPS) is 17.7. The van der Waals surface area contributed by atoms with Crippen molar-refractivity contribution < 1.29 is 33.7 Å². The Hall–Kier alpha value is -5.23. The molecule has 2 aliphatic rings. The zero-order valence-corrected chi connectivity index (χ0v) is 26.9. The van der Waals surface area contributed by atoms with Gasteiger partial charge in [0.25, 0.3) is 5.91 Å². The van der Waals surface area contributed by atoms with E-state index >= 15 is 0 Å². The monoisotopic (exact) mass is 641 g/mol. The van der Waals surface area contributed by atoms with Crippen molar-refractivity contribution in [2.45, 2.75) is 32.4 Å². The number of ether oxygens (including phenoxy) is 3. The predicted molar refractivity (Wildman–Crippen MR) is 177 cm³/mol. The Morgan fingerprint density at radius 1 is 1.02 bits per heavy atom. The maximum atomic E-state index is 13.9. The van der Waals surface area contributed by atoms with Crippen LogP contribution in [0.2, 0.25) is 0 Å². The molecule has 0 radical (unpaired) electrons. The number of aliphatic hydroxyl groups excluding tert-OH is 1. The van der Waals surface area contributed by atoms with E-state index in [1.165, 1.54) is 4.90 Å². The molecule has 47 heavy (non-hydrogen) atoms. The Labute approximate surface area is 272 Å². The minimum Gasteiger partial charge on any atom is -0.487 e. The van der Waals surface area contributed by atoms with Crippen molar-refractivity contribution in [1.29, 1.82) is 0 Å². The number of aromatic nitrogens is 1. The summed E-state index contributed by atoms with van der Waals surface area (Å²) in [7, 11) is 3.62. The molecule has 6 rings (SSSR count). The van der Waals surface area contributed by atoms with Crippen LogP contribution in [0.5, 0.6) is 17.2 Å². The summed E-state index contributed by atoms with van der Waals surface area (Å²) in [6.45, 7) is 4.15. The molecule has 0 saturated carbocycles. The zero-order valence-electron chi connectivity index (χ0n) is 26.9. The molecule has 4 amide bonds. The van der Waals surface area contributed by atoms with E-state index in [2.05, 4.69) is 10.6 Å². The van der Waals surface area contributed by atoms with Crippen molar-refractivity contribution in [3.63, 3.8) is 0 Å². The molecule has 3 atom stereocenters. The van der Waals surface area contributed by atoms with Crippen molar-refractivity contribution >= 4 is 40.1 Å². The molecule has 0 spiro atoms. The van der Waals surface area contributed by atoms with Gasteiger partial charge in [0.15, 0.2) is 11.5 Å². The summed E-state index contributed by atoms with van der Waals surface area (Å²) in [6, 6.07) is 17.3. The van der Waals surface area contributed by atoms with E-state index in [1.54, 1.807) is 55.3 Å². The number of carbonyl (C=O) groups excluding carboxylic acids is 3. The average Bonchev–Trinajstić information content (AvgIpc) is 3.66. The lowest BCUT2D eigenvalue weighted by Gasteiger charge is -2.38. The van der Waals surface area contributed by atoms with E-state index in [1.807, 2.05) is 49.0 Å². The van der Waals surface area contributed by atoms with Crippen LogP contribution in [0.15, 0.2) is 66.9 Å². The van der Waals surface area contributed by atoms with Gasteiger partial charge in [0.1, 0.15) is 11.9 Å². The largest absolute Gasteiger partial charge is 0.487 e. The molecule has 2 aliphatic heterocycles. The van der Waals surface area contributed by atoms with Gasteiger partial charge in [-0.3, -0.25) is 9.59 Å². The van der Waals surface area contributed by atoms with E-state index in [0.29, 0.717) is 35.2 Å². The number of rotatable bonds is 8. The molecule has 3 aromatic carbocycles. The van der Waals surface area contributed by atoms with Gasteiger partial charge >= 0.3 is 6.03 Å². The second kappa shape index (κ2) is 13.2. The lowest BCUT2D eigenvalue weighted by Crippen LogP contribution is -2.50. The number of hydrogen-bond donors (Lipinski definition) is 3. The van der Waals surface area contributed by atoms with Gasteiger partial charge in [0.2, 0.25) is 12.7 Å². The average molecular weight is 642 g/mol. The number of aliphatic hydroxyl groups is 1. The summed E-state index contributed by atoms with van der Waals surface area (Å²) in [5, 5.41) is 16.8. The number of nitrogens with zero attached hydrogens (tertiary/aromatic N) is 3. The summed E-state index contributed by atoms with van der Waals surface area (Å²) in [6.07, 6.45) is 1.62. The first kappa shape index (κ1) is 31.7. The number of amides is 4. The number of anilines is 2. The van der Waals surface area contributed by atoms with Crippen molar-refractivity contribution in [3.05, 3.63) is 78.0 Å². The van der Waals surface area contributed by atoms with Gasteiger partial charge in [0.05, 0.1) is 31.2 Å². The number of fused-ring (bicyclic) bond motifs is 3. The maximum absolute atomic E-state index is 13.9. The van der Waals surface area contributed by atoms with Crippen molar-refractivity contribution in [2.75, 3.05) is 44.2 Å². The molecule has 3 N–H and O–H groups in total. The van der Waals surface area contributed by atoms with Crippen LogP contribution < -0.4 is 24.8 Å². The van der Waals surface area contributed by atoms with Crippen LogP contribution in [0.3, 0.4) is 0 Å². The highest BCUT2D eigenvalue weighted by Gasteiger charge is 2.34. The molecular formula is C35H39N5O7. The molecule has 12 heteroatoms. The number of hydrogen-bond acceptors (Lipinski definition) is 7. The molecule has 246 valence electrons. The van der Waals surface area contributed by atoms with Gasteiger partial charge in [-0.1, -0.05) is 25.1 Å². The summed E-state index contributed by atoms with van der Waals surface area (Å²) in [5.74, 6) is 0.787. The highest BCUT2D eigenvalue weighted by molar-refractivity contribution is 6.01. The van der Waals surface area contributed by atoms with Gasteiger partial charge in [-0.2, -0.15) is 0 Å². The second-order valence-electron chi connectivity index (χ2n) is 12.2. The van der Waals surface area contributed by atoms with E-state index < -0.39 is 12.1 Å². The van der Waals surface area contributed by atoms with Gasteiger partial charge in [-0.15, -0.1) is 0 Å². The first-order valence-electron chi connectivity index (χ1n) is 15.6. The Morgan fingerprint density at radius 2 is 1.74 bits per heavy atom. The molecule has 0 bridgehead atoms. The Kier molecular flexibility index (Phi) is 8.95. The number of nitrogens with one attached hydrogen (secondary N) is 2. The molecule has 1 aromatic heterocycles. The number of benzene rings is 3. The lowest BCUT2D eigenvalue weighted by atomic mass is 9.99. The molecule has 0 aliphatic carbocycles. The highest BCUT2D eigenvalue weighted by atomic mass is 16.7. The second-order valence-corrected chi connectivity index (χ2v) is 12.2. The Bertz CT molecular complexity index is 1820. The minimum absolute atomic E-state index is 0.137. The number of urea groups is 1. The number of likely N-dealkylation sites (N-methyl/N-ethyl adjacent to an activating group) is 1. The Balaban J connectivity index is 1.20. The molecule has 12 nitrogen and oxygen atoms in total. The molecule has 0 unspecified atom stereocenters. The lowest BCUT2D eigenvalue weighted by molar-refractivity contribution is -0.115. The van der Waals surface area contributed by atoms with E-state index in [-0.39, 0.29) is 55.7 Å². The minimum atomic E-state index is -0.491. The number of carbonyl (C=O) groups is 3. The van der Waals surface area contributed by atoms with Crippen LogP contribution in [0.25, 0.3) is 10.9 Å². The molecule has 3 heterocycles. The quantitative estimate of drug-likeness (QED) is 0.259. The molecule has 4 aromatic rings. The van der Waals surface area contributed by atoms with E-state index in [9.17, 15) is 19.5 Å². The first-order valence-corrected chi connectivity index (χ1v) is 15.6. The zero-order chi connectivity index (χ0) is 33.2. The fraction of sp³-hybridized carbons (Fsp3) is 0.343. The summed E-state index contributed by atoms with van der Waals surface area (Å²) < 4.78 is 19.2. The van der Waals surface area contributed by atoms with Gasteiger partial charge in [-0.25, -0.2) is 4.79 Å². The third-order valence-electron chi connectivity index (χ3n) is 8.70. The summed E-state index contributed by atoms with van der Waals surface area (Å²) >= 11 is 0. The van der Waals surface area contributed by atoms with Crippen LogP contribution in [-0.4, -0.2) is 83.0 Å². The predicted octanol–water partition coefficient (Wildman–Crippen LogP) is 4.47. The first-order chi connectivity index (χ1) is 22.6. The molecule has 0 saturated heterocycles. The van der Waals surface area contributed by atoms with Crippen LogP contribution in [-0.2, 0) is 18.3 Å². The van der Waals surface area contributed by atoms with Crippen molar-refractivity contribution in [3.8, 4) is 17.2 Å². The number of aryl methyl sites for hydroxylation is 1. The summed E-state index contributed by atoms with van der Waals surface area (Å²) in [5.41, 5.74) is 3.21. The topological polar surface area (TPSA) is 135 Å².